The molecule has 0 aromatic heterocycles. The van der Waals surface area contributed by atoms with E-state index in [2.05, 4.69) is 10.6 Å². The Balaban J connectivity index is 2.70. The average Bonchev–Trinajstić information content (AvgIpc) is 2.51. The third-order valence-corrected chi connectivity index (χ3v) is 3.50. The number of carbonyl (C=O) groups is 3. The van der Waals surface area contributed by atoms with Crippen molar-refractivity contribution in [3.05, 3.63) is 39.4 Å². The van der Waals surface area contributed by atoms with E-state index in [4.69, 9.17) is 5.11 Å². The Morgan fingerprint density at radius 1 is 1.28 bits per heavy atom. The summed E-state index contributed by atoms with van der Waals surface area (Å²) in [4.78, 5) is 45.4. The number of carboxylic acids is 1. The predicted octanol–water partition coefficient (Wildman–Crippen LogP) is 1.25. The van der Waals surface area contributed by atoms with Gasteiger partial charge in [0.1, 0.15) is 6.04 Å². The highest BCUT2D eigenvalue weighted by molar-refractivity contribution is 5.98. The van der Waals surface area contributed by atoms with Gasteiger partial charge < -0.3 is 15.7 Å². The van der Waals surface area contributed by atoms with Gasteiger partial charge in [0, 0.05) is 17.2 Å². The monoisotopic (exact) mass is 351 g/mol. The normalized spacial score (nSPS) is 11.7. The van der Waals surface area contributed by atoms with E-state index >= 15 is 0 Å². The minimum atomic E-state index is -1.15. The Hall–Kier alpha value is -2.97. The second-order valence-electron chi connectivity index (χ2n) is 5.98. The average molecular weight is 351 g/mol. The number of hydrogen-bond donors (Lipinski definition) is 3. The summed E-state index contributed by atoms with van der Waals surface area (Å²) in [5.41, 5.74) is 0.0765. The third kappa shape index (κ3) is 5.87. The van der Waals surface area contributed by atoms with Crippen molar-refractivity contribution in [1.29, 1.82) is 0 Å². The lowest BCUT2D eigenvalue weighted by atomic mass is 10.0. The van der Waals surface area contributed by atoms with Crippen LogP contribution in [0.3, 0.4) is 0 Å². The summed E-state index contributed by atoms with van der Waals surface area (Å²) >= 11 is 0. The molecule has 0 saturated carbocycles. The number of carbonyl (C=O) groups excluding carboxylic acids is 2. The number of hydrogen-bond acceptors (Lipinski definition) is 5. The minimum Gasteiger partial charge on any atom is -0.480 e. The molecule has 1 atom stereocenters. The summed E-state index contributed by atoms with van der Waals surface area (Å²) in [5.74, 6) is -2.37. The van der Waals surface area contributed by atoms with Crippen molar-refractivity contribution in [2.45, 2.75) is 33.2 Å². The maximum Gasteiger partial charge on any atom is 0.326 e. The zero-order valence-electron chi connectivity index (χ0n) is 14.2. The van der Waals surface area contributed by atoms with Crippen LogP contribution in [0.1, 0.15) is 36.2 Å². The lowest BCUT2D eigenvalue weighted by Gasteiger charge is -2.16. The molecule has 25 heavy (non-hydrogen) atoms. The lowest BCUT2D eigenvalue weighted by molar-refractivity contribution is -0.385. The van der Waals surface area contributed by atoms with E-state index in [1.54, 1.807) is 0 Å². The molecule has 136 valence electrons. The van der Waals surface area contributed by atoms with Gasteiger partial charge in [0.15, 0.2) is 0 Å². The van der Waals surface area contributed by atoms with Crippen molar-refractivity contribution < 1.29 is 24.4 Å². The highest BCUT2D eigenvalue weighted by Crippen LogP contribution is 2.20. The van der Waals surface area contributed by atoms with Crippen molar-refractivity contribution in [2.24, 2.45) is 5.92 Å². The smallest absolute Gasteiger partial charge is 0.326 e. The van der Waals surface area contributed by atoms with E-state index in [1.807, 2.05) is 13.8 Å². The molecule has 9 heteroatoms. The zero-order valence-corrected chi connectivity index (χ0v) is 14.2. The van der Waals surface area contributed by atoms with Gasteiger partial charge in [-0.3, -0.25) is 19.7 Å². The molecular formula is C16H21N3O6. The first kappa shape index (κ1) is 20.1. The van der Waals surface area contributed by atoms with Gasteiger partial charge in [0.25, 0.3) is 11.6 Å². The van der Waals surface area contributed by atoms with Crippen LogP contribution in [-0.2, 0) is 9.59 Å². The van der Waals surface area contributed by atoms with Crippen LogP contribution in [0, 0.1) is 23.0 Å². The summed E-state index contributed by atoms with van der Waals surface area (Å²) in [6, 6.07) is 3.03. The van der Waals surface area contributed by atoms with Gasteiger partial charge in [0.05, 0.1) is 11.5 Å². The van der Waals surface area contributed by atoms with Crippen molar-refractivity contribution in [3.8, 4) is 0 Å². The van der Waals surface area contributed by atoms with Crippen LogP contribution in [0.5, 0.6) is 0 Å². The SMILES string of the molecule is Cc1c(C(=O)NCC(=O)N[C@@H](CC(C)C)C(=O)O)cccc1[N+](=O)[O-]. The molecule has 9 nitrogen and oxygen atoms in total. The molecule has 0 fully saturated rings. The molecule has 0 saturated heterocycles. The van der Waals surface area contributed by atoms with E-state index in [0.29, 0.717) is 0 Å². The Bertz CT molecular complexity index is 686. The van der Waals surface area contributed by atoms with Crippen LogP contribution in [0.25, 0.3) is 0 Å². The number of aliphatic carboxylic acids is 1. The van der Waals surface area contributed by atoms with Gasteiger partial charge in [-0.2, -0.15) is 0 Å². The van der Waals surface area contributed by atoms with E-state index in [-0.39, 0.29) is 29.2 Å². The minimum absolute atomic E-state index is 0.0727. The second kappa shape index (κ2) is 8.76. The van der Waals surface area contributed by atoms with Gasteiger partial charge in [-0.25, -0.2) is 4.79 Å². The summed E-state index contributed by atoms with van der Waals surface area (Å²) < 4.78 is 0. The fourth-order valence-electron chi connectivity index (χ4n) is 2.26. The molecule has 0 aliphatic carbocycles. The molecule has 2 amide bonds. The first-order chi connectivity index (χ1) is 11.6. The predicted molar refractivity (Wildman–Crippen MR) is 89.2 cm³/mol. The second-order valence-corrected chi connectivity index (χ2v) is 5.98. The molecule has 0 heterocycles. The van der Waals surface area contributed by atoms with Crippen molar-refractivity contribution >= 4 is 23.5 Å². The van der Waals surface area contributed by atoms with Crippen LogP contribution in [0.4, 0.5) is 5.69 Å². The molecule has 0 spiro atoms. The number of nitrogens with zero attached hydrogens (tertiary/aromatic N) is 1. The number of nitro benzene ring substituents is 1. The van der Waals surface area contributed by atoms with E-state index < -0.39 is 35.3 Å². The Morgan fingerprint density at radius 2 is 1.92 bits per heavy atom. The molecule has 0 aliphatic rings. The Morgan fingerprint density at radius 3 is 2.44 bits per heavy atom. The quantitative estimate of drug-likeness (QED) is 0.476. The number of benzene rings is 1. The van der Waals surface area contributed by atoms with Crippen LogP contribution >= 0.6 is 0 Å². The molecule has 0 aliphatic heterocycles. The van der Waals surface area contributed by atoms with Crippen LogP contribution in [0.15, 0.2) is 18.2 Å². The van der Waals surface area contributed by atoms with Gasteiger partial charge in [-0.1, -0.05) is 19.9 Å². The van der Waals surface area contributed by atoms with E-state index in [0.717, 1.165) is 0 Å². The maximum atomic E-state index is 12.1. The topological polar surface area (TPSA) is 139 Å². The fourth-order valence-corrected chi connectivity index (χ4v) is 2.26. The summed E-state index contributed by atoms with van der Waals surface area (Å²) in [6.07, 6.45) is 0.263. The highest BCUT2D eigenvalue weighted by Gasteiger charge is 2.22. The number of carboxylic acid groups (broad SMARTS) is 1. The van der Waals surface area contributed by atoms with Crippen LogP contribution < -0.4 is 10.6 Å². The molecule has 0 bridgehead atoms. The third-order valence-electron chi connectivity index (χ3n) is 3.50. The number of nitro groups is 1. The van der Waals surface area contributed by atoms with Gasteiger partial charge in [0.2, 0.25) is 5.91 Å². The Kier molecular flexibility index (Phi) is 7.04. The van der Waals surface area contributed by atoms with Gasteiger partial charge >= 0.3 is 5.97 Å². The van der Waals surface area contributed by atoms with Crippen molar-refractivity contribution in [1.82, 2.24) is 10.6 Å². The zero-order chi connectivity index (χ0) is 19.1. The molecule has 1 aromatic carbocycles. The molecule has 3 N–H and O–H groups in total. The molecule has 0 radical (unpaired) electrons. The lowest BCUT2D eigenvalue weighted by Crippen LogP contribution is -2.46. The molecule has 1 aromatic rings. The number of rotatable bonds is 8. The molecular weight excluding hydrogens is 330 g/mol. The van der Waals surface area contributed by atoms with Crippen molar-refractivity contribution in [2.75, 3.05) is 6.54 Å². The number of amides is 2. The highest BCUT2D eigenvalue weighted by atomic mass is 16.6. The summed E-state index contributed by atoms with van der Waals surface area (Å²) in [5, 5.41) is 24.6. The standard InChI is InChI=1S/C16H21N3O6/c1-9(2)7-12(16(22)23)18-14(20)8-17-15(21)11-5-4-6-13(10(11)3)19(24)25/h4-6,9,12H,7-8H2,1-3H3,(H,17,21)(H,18,20)(H,22,23)/t12-/m0/s1. The first-order valence-electron chi connectivity index (χ1n) is 7.67. The fraction of sp³-hybridized carbons (Fsp3) is 0.438. The molecule has 1 rings (SSSR count). The summed E-state index contributed by atoms with van der Waals surface area (Å²) in [6.45, 7) is 4.67. The first-order valence-corrected chi connectivity index (χ1v) is 7.67. The van der Waals surface area contributed by atoms with Gasteiger partial charge in [-0.05, 0) is 25.3 Å². The van der Waals surface area contributed by atoms with Crippen molar-refractivity contribution in [3.63, 3.8) is 0 Å². The van der Waals surface area contributed by atoms with Crippen LogP contribution in [-0.4, -0.2) is 40.4 Å². The number of nitrogens with one attached hydrogen (secondary N) is 2. The summed E-state index contributed by atoms with van der Waals surface area (Å²) in [7, 11) is 0. The van der Waals surface area contributed by atoms with Crippen LogP contribution in [0.2, 0.25) is 0 Å². The van der Waals surface area contributed by atoms with Gasteiger partial charge in [-0.15, -0.1) is 0 Å². The Labute approximate surface area is 144 Å². The molecule has 0 unspecified atom stereocenters. The maximum absolute atomic E-state index is 12.1. The largest absolute Gasteiger partial charge is 0.480 e. The van der Waals surface area contributed by atoms with E-state index in [9.17, 15) is 24.5 Å². The van der Waals surface area contributed by atoms with E-state index in [1.165, 1.54) is 25.1 Å².